The van der Waals surface area contributed by atoms with Gasteiger partial charge in [0.15, 0.2) is 0 Å². The van der Waals surface area contributed by atoms with Crippen LogP contribution in [-0.2, 0) is 4.79 Å². The molecular weight excluding hydrogens is 428 g/mol. The van der Waals surface area contributed by atoms with Crippen molar-refractivity contribution in [2.24, 2.45) is 0 Å². The lowest BCUT2D eigenvalue weighted by Crippen LogP contribution is -2.44. The fourth-order valence-corrected chi connectivity index (χ4v) is 4.55. The molecule has 1 aliphatic rings. The number of likely N-dealkylation sites (tertiary alicyclic amines) is 1. The quantitative estimate of drug-likeness (QED) is 0.478. The Hall–Kier alpha value is -4.07. The van der Waals surface area contributed by atoms with Gasteiger partial charge in [-0.3, -0.25) is 14.6 Å². The lowest BCUT2D eigenvalue weighted by molar-refractivity contribution is -0.132. The van der Waals surface area contributed by atoms with Gasteiger partial charge < -0.3 is 15.2 Å². The SMILES string of the molecule is CC(=O)N1C[C@H](c2nc(Nc3ccc4c(=O)[nH]ccc4c3)cc(-c3cccnc3)n2)CC[C@@H]1C. The Balaban J connectivity index is 1.53. The van der Waals surface area contributed by atoms with E-state index in [2.05, 4.69) is 22.2 Å². The number of piperidine rings is 1. The van der Waals surface area contributed by atoms with Gasteiger partial charge in [-0.2, -0.15) is 0 Å². The van der Waals surface area contributed by atoms with Crippen LogP contribution in [0.15, 0.2) is 65.8 Å². The number of benzene rings is 1. The van der Waals surface area contributed by atoms with Gasteiger partial charge in [0.05, 0.1) is 5.69 Å². The normalized spacial score (nSPS) is 18.1. The minimum absolute atomic E-state index is 0.0485. The Morgan fingerprint density at radius 3 is 2.82 bits per heavy atom. The van der Waals surface area contributed by atoms with Crippen LogP contribution in [0, 0.1) is 0 Å². The fourth-order valence-electron chi connectivity index (χ4n) is 4.55. The Kier molecular flexibility index (Phi) is 5.79. The lowest BCUT2D eigenvalue weighted by atomic mass is 9.92. The van der Waals surface area contributed by atoms with E-state index >= 15 is 0 Å². The highest BCUT2D eigenvalue weighted by Gasteiger charge is 2.30. The Morgan fingerprint density at radius 2 is 2.03 bits per heavy atom. The van der Waals surface area contributed by atoms with Gasteiger partial charge >= 0.3 is 0 Å². The van der Waals surface area contributed by atoms with E-state index < -0.39 is 0 Å². The van der Waals surface area contributed by atoms with Crippen LogP contribution >= 0.6 is 0 Å². The Morgan fingerprint density at radius 1 is 1.15 bits per heavy atom. The first-order chi connectivity index (χ1) is 16.5. The van der Waals surface area contributed by atoms with Gasteiger partial charge in [0.25, 0.3) is 5.56 Å². The van der Waals surface area contributed by atoms with E-state index in [9.17, 15) is 9.59 Å². The Labute approximate surface area is 197 Å². The number of fused-ring (bicyclic) bond motifs is 1. The molecule has 0 radical (unpaired) electrons. The first-order valence-corrected chi connectivity index (χ1v) is 11.4. The maximum atomic E-state index is 12.2. The second-order valence-electron chi connectivity index (χ2n) is 8.77. The number of carbonyl (C=O) groups excluding carboxylic acids is 1. The van der Waals surface area contributed by atoms with Crippen molar-refractivity contribution < 1.29 is 4.79 Å². The van der Waals surface area contributed by atoms with Crippen molar-refractivity contribution in [3.63, 3.8) is 0 Å². The van der Waals surface area contributed by atoms with Crippen LogP contribution in [-0.4, -0.2) is 43.3 Å². The number of aromatic amines is 1. The van der Waals surface area contributed by atoms with Crippen LogP contribution in [0.25, 0.3) is 22.0 Å². The number of hydrogen-bond donors (Lipinski definition) is 2. The van der Waals surface area contributed by atoms with Crippen molar-refractivity contribution in [3.8, 4) is 11.3 Å². The highest BCUT2D eigenvalue weighted by molar-refractivity contribution is 5.85. The van der Waals surface area contributed by atoms with E-state index in [0.717, 1.165) is 35.2 Å². The molecule has 3 aromatic heterocycles. The molecule has 0 unspecified atom stereocenters. The predicted octanol–water partition coefficient (Wildman–Crippen LogP) is 4.24. The highest BCUT2D eigenvalue weighted by Crippen LogP contribution is 2.31. The van der Waals surface area contributed by atoms with Crippen LogP contribution in [0.1, 0.15) is 38.4 Å². The summed E-state index contributed by atoms with van der Waals surface area (Å²) in [5.74, 6) is 1.48. The molecule has 0 bridgehead atoms. The maximum Gasteiger partial charge on any atom is 0.255 e. The topological polar surface area (TPSA) is 104 Å². The molecular formula is C26H26N6O2. The molecule has 1 fully saturated rings. The third-order valence-corrected chi connectivity index (χ3v) is 6.40. The van der Waals surface area contributed by atoms with Crippen LogP contribution in [0.4, 0.5) is 11.5 Å². The molecule has 0 spiro atoms. The first-order valence-electron chi connectivity index (χ1n) is 11.4. The van der Waals surface area contributed by atoms with E-state index in [0.29, 0.717) is 23.6 Å². The van der Waals surface area contributed by atoms with E-state index in [-0.39, 0.29) is 23.4 Å². The Bertz CT molecular complexity index is 1400. The molecule has 5 rings (SSSR count). The lowest BCUT2D eigenvalue weighted by Gasteiger charge is -2.37. The molecule has 4 aromatic rings. The van der Waals surface area contributed by atoms with Crippen molar-refractivity contribution in [2.45, 2.75) is 38.6 Å². The molecule has 1 amide bonds. The summed E-state index contributed by atoms with van der Waals surface area (Å²) in [6, 6.07) is 13.4. The van der Waals surface area contributed by atoms with Gasteiger partial charge in [0.2, 0.25) is 5.91 Å². The molecule has 2 N–H and O–H groups in total. The number of rotatable bonds is 4. The molecule has 8 heteroatoms. The van der Waals surface area contributed by atoms with Gasteiger partial charge in [-0.1, -0.05) is 0 Å². The van der Waals surface area contributed by atoms with Crippen molar-refractivity contribution in [2.75, 3.05) is 11.9 Å². The van der Waals surface area contributed by atoms with Gasteiger partial charge in [-0.15, -0.1) is 0 Å². The zero-order valence-electron chi connectivity index (χ0n) is 19.2. The third kappa shape index (κ3) is 4.39. The number of anilines is 2. The maximum absolute atomic E-state index is 12.2. The molecule has 1 saturated heterocycles. The van der Waals surface area contributed by atoms with E-state index in [1.807, 2.05) is 41.3 Å². The monoisotopic (exact) mass is 454 g/mol. The molecule has 0 aliphatic carbocycles. The third-order valence-electron chi connectivity index (χ3n) is 6.40. The number of nitrogens with one attached hydrogen (secondary N) is 2. The number of pyridine rings is 2. The summed E-state index contributed by atoms with van der Waals surface area (Å²) < 4.78 is 0. The van der Waals surface area contributed by atoms with Gasteiger partial charge in [-0.25, -0.2) is 9.97 Å². The molecule has 1 aromatic carbocycles. The minimum Gasteiger partial charge on any atom is -0.340 e. The largest absolute Gasteiger partial charge is 0.340 e. The molecule has 0 saturated carbocycles. The number of hydrogen-bond acceptors (Lipinski definition) is 6. The summed E-state index contributed by atoms with van der Waals surface area (Å²) >= 11 is 0. The molecule has 34 heavy (non-hydrogen) atoms. The minimum atomic E-state index is -0.117. The summed E-state index contributed by atoms with van der Waals surface area (Å²) in [5.41, 5.74) is 2.37. The number of carbonyl (C=O) groups is 1. The molecule has 2 atom stereocenters. The van der Waals surface area contributed by atoms with Crippen LogP contribution < -0.4 is 10.9 Å². The van der Waals surface area contributed by atoms with Crippen LogP contribution in [0.3, 0.4) is 0 Å². The second-order valence-corrected chi connectivity index (χ2v) is 8.77. The standard InChI is InChI=1S/C26H26N6O2/c1-16-5-6-20(15-32(16)17(2)33)25-30-23(19-4-3-10-27-14-19)13-24(31-25)29-21-7-8-22-18(12-21)9-11-28-26(22)34/h3-4,7-14,16,20H,5-6,15H2,1-2H3,(H,28,34)(H,29,30,31)/t16-,20+/m0/s1. The molecule has 1 aliphatic heterocycles. The van der Waals surface area contributed by atoms with E-state index in [1.165, 1.54) is 0 Å². The number of amides is 1. The summed E-state index contributed by atoms with van der Waals surface area (Å²) in [4.78, 5) is 42.8. The van der Waals surface area contributed by atoms with Crippen molar-refractivity contribution in [1.82, 2.24) is 24.8 Å². The van der Waals surface area contributed by atoms with E-state index in [4.69, 9.17) is 9.97 Å². The summed E-state index contributed by atoms with van der Waals surface area (Å²) in [5, 5.41) is 4.86. The number of aromatic nitrogens is 4. The first kappa shape index (κ1) is 21.8. The summed E-state index contributed by atoms with van der Waals surface area (Å²) in [6.45, 7) is 4.30. The molecule has 8 nitrogen and oxygen atoms in total. The average molecular weight is 455 g/mol. The number of nitrogens with zero attached hydrogens (tertiary/aromatic N) is 4. The summed E-state index contributed by atoms with van der Waals surface area (Å²) in [6.07, 6.45) is 6.98. The van der Waals surface area contributed by atoms with Gasteiger partial charge in [0.1, 0.15) is 11.6 Å². The zero-order valence-corrected chi connectivity index (χ0v) is 19.2. The van der Waals surface area contributed by atoms with Crippen molar-refractivity contribution in [1.29, 1.82) is 0 Å². The summed E-state index contributed by atoms with van der Waals surface area (Å²) in [7, 11) is 0. The zero-order chi connectivity index (χ0) is 23.7. The second kappa shape index (κ2) is 9.05. The highest BCUT2D eigenvalue weighted by atomic mass is 16.2. The smallest absolute Gasteiger partial charge is 0.255 e. The van der Waals surface area contributed by atoms with Crippen molar-refractivity contribution in [3.05, 3.63) is 77.2 Å². The van der Waals surface area contributed by atoms with Crippen LogP contribution in [0.5, 0.6) is 0 Å². The van der Waals surface area contributed by atoms with Crippen molar-refractivity contribution >= 4 is 28.2 Å². The molecule has 4 heterocycles. The van der Waals surface area contributed by atoms with Gasteiger partial charge in [-0.05, 0) is 61.5 Å². The van der Waals surface area contributed by atoms with Gasteiger partial charge in [0, 0.05) is 66.7 Å². The molecule has 172 valence electrons. The van der Waals surface area contributed by atoms with Crippen LogP contribution in [0.2, 0.25) is 0 Å². The number of H-pyrrole nitrogens is 1. The fraction of sp³-hybridized carbons (Fsp3) is 0.269. The van der Waals surface area contributed by atoms with E-state index in [1.54, 1.807) is 31.6 Å². The average Bonchev–Trinajstić information content (AvgIpc) is 2.84. The predicted molar refractivity (Wildman–Crippen MR) is 132 cm³/mol.